The second-order valence-electron chi connectivity index (χ2n) is 14.3. The largest absolute Gasteiger partial charge is 0.290 e. The summed E-state index contributed by atoms with van der Waals surface area (Å²) in [4.78, 5) is 21.3. The quantitative estimate of drug-likeness (QED) is 0.163. The summed E-state index contributed by atoms with van der Waals surface area (Å²) >= 11 is 0. The van der Waals surface area contributed by atoms with E-state index in [1.54, 1.807) is 0 Å². The monoisotopic (exact) mass is 742 g/mol. The molecule has 0 saturated heterocycles. The lowest BCUT2D eigenvalue weighted by Gasteiger charge is -2.14. The van der Waals surface area contributed by atoms with Gasteiger partial charge in [0.2, 0.25) is 5.95 Å². The van der Waals surface area contributed by atoms with E-state index in [0.29, 0.717) is 17.6 Å². The molecule has 3 aromatic heterocycles. The summed E-state index contributed by atoms with van der Waals surface area (Å²) < 4.78 is 4.48. The van der Waals surface area contributed by atoms with Crippen LogP contribution < -0.4 is 0 Å². The van der Waals surface area contributed by atoms with E-state index in [9.17, 15) is 0 Å². The summed E-state index contributed by atoms with van der Waals surface area (Å²) in [6.45, 7) is 0. The van der Waals surface area contributed by atoms with Crippen LogP contribution in [-0.4, -0.2) is 29.1 Å². The predicted octanol–water partition coefficient (Wildman–Crippen LogP) is 12.6. The van der Waals surface area contributed by atoms with Crippen molar-refractivity contribution in [1.82, 2.24) is 29.1 Å². The molecule has 0 spiro atoms. The van der Waals surface area contributed by atoms with Crippen LogP contribution in [0.5, 0.6) is 0 Å². The third-order valence-corrected chi connectivity index (χ3v) is 10.8. The van der Waals surface area contributed by atoms with Gasteiger partial charge in [-0.2, -0.15) is 9.97 Å². The Hall–Kier alpha value is -7.96. The first-order valence-electron chi connectivity index (χ1n) is 19.4. The van der Waals surface area contributed by atoms with Gasteiger partial charge in [-0.25, -0.2) is 9.97 Å². The molecule has 0 bridgehead atoms. The molecule has 0 aliphatic heterocycles. The van der Waals surface area contributed by atoms with Crippen molar-refractivity contribution >= 4 is 32.8 Å². The Kier molecular flexibility index (Phi) is 8.04. The number of nitrogens with zero attached hydrogens (tertiary/aromatic N) is 6. The number of fused-ring (bicyclic) bond motifs is 5. The fourth-order valence-corrected chi connectivity index (χ4v) is 8.09. The molecule has 0 fully saturated rings. The molecular weight excluding hydrogens is 709 g/mol. The number of para-hydroxylation sites is 2. The predicted molar refractivity (Wildman–Crippen MR) is 236 cm³/mol. The molecule has 6 heteroatoms. The van der Waals surface area contributed by atoms with Gasteiger partial charge in [0, 0.05) is 33.2 Å². The Bertz CT molecular complexity index is 3160. The van der Waals surface area contributed by atoms with E-state index < -0.39 is 0 Å². The van der Waals surface area contributed by atoms with Crippen molar-refractivity contribution in [3.8, 4) is 68.1 Å². The maximum Gasteiger partial charge on any atom is 0.238 e. The van der Waals surface area contributed by atoms with Crippen LogP contribution in [0.15, 0.2) is 206 Å². The van der Waals surface area contributed by atoms with E-state index in [1.165, 1.54) is 0 Å². The molecule has 3 heterocycles. The van der Waals surface area contributed by atoms with Crippen molar-refractivity contribution in [2.24, 2.45) is 0 Å². The van der Waals surface area contributed by atoms with Crippen molar-refractivity contribution < 1.29 is 0 Å². The third kappa shape index (κ3) is 5.74. The second-order valence-corrected chi connectivity index (χ2v) is 14.3. The minimum Gasteiger partial charge on any atom is -0.290 e. The molecule has 11 rings (SSSR count). The Morgan fingerprint density at radius 2 is 0.810 bits per heavy atom. The zero-order chi connectivity index (χ0) is 38.4. The van der Waals surface area contributed by atoms with E-state index in [-0.39, 0.29) is 0 Å². The molecule has 0 radical (unpaired) electrons. The van der Waals surface area contributed by atoms with E-state index >= 15 is 0 Å². The third-order valence-electron chi connectivity index (χ3n) is 10.8. The molecular formula is C52H34N6. The molecule has 0 amide bonds. The minimum absolute atomic E-state index is 0.524. The molecule has 272 valence electrons. The molecule has 0 aliphatic carbocycles. The molecule has 58 heavy (non-hydrogen) atoms. The number of benzene rings is 8. The Balaban J connectivity index is 1.23. The molecule has 0 unspecified atom stereocenters. The van der Waals surface area contributed by atoms with Gasteiger partial charge in [0.15, 0.2) is 11.6 Å². The van der Waals surface area contributed by atoms with Crippen molar-refractivity contribution in [3.63, 3.8) is 0 Å². The lowest BCUT2D eigenvalue weighted by Crippen LogP contribution is -2.07. The fourth-order valence-electron chi connectivity index (χ4n) is 8.09. The van der Waals surface area contributed by atoms with Crippen molar-refractivity contribution in [1.29, 1.82) is 0 Å². The number of hydrogen-bond acceptors (Lipinski definition) is 4. The summed E-state index contributed by atoms with van der Waals surface area (Å²) in [6, 6.07) is 71.4. The molecule has 0 atom stereocenters. The smallest absolute Gasteiger partial charge is 0.238 e. The summed E-state index contributed by atoms with van der Waals surface area (Å²) in [5.74, 6) is 2.56. The lowest BCUT2D eigenvalue weighted by atomic mass is 10.0. The van der Waals surface area contributed by atoms with Crippen molar-refractivity contribution in [3.05, 3.63) is 206 Å². The fraction of sp³-hybridized carbons (Fsp3) is 0. The highest BCUT2D eigenvalue weighted by Crippen LogP contribution is 2.40. The van der Waals surface area contributed by atoms with Crippen molar-refractivity contribution in [2.75, 3.05) is 0 Å². The van der Waals surface area contributed by atoms with Gasteiger partial charge >= 0.3 is 0 Å². The van der Waals surface area contributed by atoms with Crippen LogP contribution >= 0.6 is 0 Å². The van der Waals surface area contributed by atoms with Crippen LogP contribution in [0.25, 0.3) is 101 Å². The maximum absolute atomic E-state index is 5.37. The Morgan fingerprint density at radius 1 is 0.310 bits per heavy atom. The normalized spacial score (nSPS) is 11.4. The first kappa shape index (κ1) is 33.4. The van der Waals surface area contributed by atoms with E-state index in [4.69, 9.17) is 19.9 Å². The highest BCUT2D eigenvalue weighted by Gasteiger charge is 2.24. The average Bonchev–Trinajstić information content (AvgIpc) is 3.87. The number of imidazole rings is 1. The SMILES string of the molecule is c1ccc(-c2cccc(-c3nc(-c4cccc(-c5ccccc5)c4)nc(-n4c5ccccc5c5ccc6nc(-c7ccccc7)n(-c7ccccc7)c6c54)n3)c2)cc1. The molecule has 0 N–H and O–H groups in total. The summed E-state index contributed by atoms with van der Waals surface area (Å²) in [5, 5.41) is 2.18. The number of aromatic nitrogens is 6. The number of rotatable bonds is 7. The van der Waals surface area contributed by atoms with Gasteiger partial charge in [-0.15, -0.1) is 0 Å². The molecule has 6 nitrogen and oxygen atoms in total. The van der Waals surface area contributed by atoms with E-state index in [2.05, 4.69) is 191 Å². The summed E-state index contributed by atoms with van der Waals surface area (Å²) in [7, 11) is 0. The Morgan fingerprint density at radius 3 is 1.41 bits per heavy atom. The summed E-state index contributed by atoms with van der Waals surface area (Å²) in [6.07, 6.45) is 0. The number of hydrogen-bond donors (Lipinski definition) is 0. The van der Waals surface area contributed by atoms with E-state index in [0.717, 1.165) is 83.3 Å². The topological polar surface area (TPSA) is 61.4 Å². The van der Waals surface area contributed by atoms with Crippen LogP contribution in [0.1, 0.15) is 0 Å². The summed E-state index contributed by atoms with van der Waals surface area (Å²) in [5.41, 5.74) is 12.1. The van der Waals surface area contributed by atoms with Gasteiger partial charge in [0.25, 0.3) is 0 Å². The maximum atomic E-state index is 5.37. The van der Waals surface area contributed by atoms with Crippen LogP contribution in [0.4, 0.5) is 0 Å². The highest BCUT2D eigenvalue weighted by atomic mass is 15.2. The lowest BCUT2D eigenvalue weighted by molar-refractivity contribution is 0.953. The zero-order valence-electron chi connectivity index (χ0n) is 31.3. The first-order chi connectivity index (χ1) is 28.8. The van der Waals surface area contributed by atoms with Gasteiger partial charge in [-0.1, -0.05) is 164 Å². The van der Waals surface area contributed by atoms with Crippen LogP contribution in [0.2, 0.25) is 0 Å². The van der Waals surface area contributed by atoms with Gasteiger partial charge in [0.05, 0.1) is 22.1 Å². The van der Waals surface area contributed by atoms with Gasteiger partial charge < -0.3 is 0 Å². The molecule has 0 aliphatic rings. The van der Waals surface area contributed by atoms with Crippen LogP contribution in [0, 0.1) is 0 Å². The molecule has 11 aromatic rings. The van der Waals surface area contributed by atoms with E-state index in [1.807, 2.05) is 24.3 Å². The molecule has 0 saturated carbocycles. The van der Waals surface area contributed by atoms with Crippen LogP contribution in [0.3, 0.4) is 0 Å². The second kappa shape index (κ2) is 14.0. The Labute approximate surface area is 335 Å². The minimum atomic E-state index is 0.524. The standard InChI is InChI=1S/C52H34N6/c1-5-17-35(18-6-1)38-23-15-25-40(33-38)49-54-50(41-26-16-24-39(34-41)36-19-7-2-8-20-36)56-52(55-49)58-46-30-14-13-29-43(46)44-31-32-45-48(47(44)58)57(42-27-11-4-12-28-42)51(53-45)37-21-9-3-10-22-37/h1-34H. The molecule has 8 aromatic carbocycles. The average molecular weight is 743 g/mol. The van der Waals surface area contributed by atoms with Gasteiger partial charge in [-0.05, 0) is 64.7 Å². The van der Waals surface area contributed by atoms with Gasteiger partial charge in [-0.3, -0.25) is 9.13 Å². The van der Waals surface area contributed by atoms with Crippen LogP contribution in [-0.2, 0) is 0 Å². The zero-order valence-corrected chi connectivity index (χ0v) is 31.3. The highest BCUT2D eigenvalue weighted by molar-refractivity contribution is 6.18. The van der Waals surface area contributed by atoms with Crippen molar-refractivity contribution in [2.45, 2.75) is 0 Å². The first-order valence-corrected chi connectivity index (χ1v) is 19.4. The van der Waals surface area contributed by atoms with Gasteiger partial charge in [0.1, 0.15) is 5.82 Å².